The topological polar surface area (TPSA) is 61.9 Å². The molecule has 2 rings (SSSR count). The van der Waals surface area contributed by atoms with Crippen LogP contribution in [0.25, 0.3) is 0 Å². The van der Waals surface area contributed by atoms with E-state index in [0.717, 1.165) is 38.4 Å². The molecule has 1 fully saturated rings. The average molecular weight is 354 g/mol. The maximum Gasteiger partial charge on any atom is 0.243 e. The summed E-state index contributed by atoms with van der Waals surface area (Å²) in [5, 5.41) is 3.38. The molecule has 7 heteroatoms. The minimum Gasteiger partial charge on any atom is -0.379 e. The molecule has 1 saturated heterocycles. The third-order valence-electron chi connectivity index (χ3n) is 4.03. The molecule has 6 nitrogen and oxygen atoms in total. The summed E-state index contributed by atoms with van der Waals surface area (Å²) in [6, 6.07) is 5.35. The van der Waals surface area contributed by atoms with Crippen LogP contribution in [0.4, 0.5) is 5.69 Å². The Balaban J connectivity index is 1.85. The predicted molar refractivity (Wildman–Crippen MR) is 94.3 cm³/mol. The zero-order chi connectivity index (χ0) is 17.5. The second-order valence-corrected chi connectivity index (χ2v) is 6.31. The number of aryl methyl sites for hydroxylation is 1. The zero-order valence-electron chi connectivity index (χ0n) is 14.2. The van der Waals surface area contributed by atoms with Crippen molar-refractivity contribution in [3.63, 3.8) is 0 Å². The lowest BCUT2D eigenvalue weighted by molar-refractivity contribution is -0.133. The monoisotopic (exact) mass is 353 g/mol. The van der Waals surface area contributed by atoms with Crippen molar-refractivity contribution in [2.75, 3.05) is 51.3 Å². The van der Waals surface area contributed by atoms with E-state index in [1.807, 2.05) is 13.0 Å². The minimum absolute atomic E-state index is 0.0329. The Bertz CT molecular complexity index is 588. The summed E-state index contributed by atoms with van der Waals surface area (Å²) in [4.78, 5) is 27.8. The van der Waals surface area contributed by atoms with E-state index in [2.05, 4.69) is 10.2 Å². The lowest BCUT2D eigenvalue weighted by Crippen LogP contribution is -2.44. The van der Waals surface area contributed by atoms with Gasteiger partial charge >= 0.3 is 0 Å². The normalized spacial score (nSPS) is 15.1. The third-order valence-corrected chi connectivity index (χ3v) is 4.43. The molecule has 0 unspecified atom stereocenters. The van der Waals surface area contributed by atoms with Crippen LogP contribution in [0.1, 0.15) is 12.5 Å². The molecule has 0 aliphatic carbocycles. The number of carbonyl (C=O) groups is 2. The standard InChI is InChI=1S/C17H24ClN3O3/c1-13-3-4-15(11-16(13)18)19-17(23)12-21(14(2)22)6-5-20-7-9-24-10-8-20/h3-4,11H,5-10,12H2,1-2H3,(H,19,23). The first kappa shape index (κ1) is 18.7. The van der Waals surface area contributed by atoms with Crippen LogP contribution in [0.2, 0.25) is 5.02 Å². The first-order valence-electron chi connectivity index (χ1n) is 8.07. The van der Waals surface area contributed by atoms with Crippen molar-refractivity contribution in [2.24, 2.45) is 0 Å². The molecular formula is C17H24ClN3O3. The van der Waals surface area contributed by atoms with E-state index in [4.69, 9.17) is 16.3 Å². The van der Waals surface area contributed by atoms with Gasteiger partial charge < -0.3 is 15.0 Å². The summed E-state index contributed by atoms with van der Waals surface area (Å²) in [6.45, 7) is 7.84. The largest absolute Gasteiger partial charge is 0.379 e. The number of amides is 2. The van der Waals surface area contributed by atoms with E-state index in [1.165, 1.54) is 6.92 Å². The molecule has 1 heterocycles. The van der Waals surface area contributed by atoms with Gasteiger partial charge in [0.2, 0.25) is 11.8 Å². The number of morpholine rings is 1. The highest BCUT2D eigenvalue weighted by Gasteiger charge is 2.17. The smallest absolute Gasteiger partial charge is 0.243 e. The van der Waals surface area contributed by atoms with Gasteiger partial charge in [0.1, 0.15) is 0 Å². The Kier molecular flexibility index (Phi) is 7.02. The van der Waals surface area contributed by atoms with Gasteiger partial charge in [-0.15, -0.1) is 0 Å². The summed E-state index contributed by atoms with van der Waals surface area (Å²) in [5.74, 6) is -0.340. The molecule has 0 spiro atoms. The van der Waals surface area contributed by atoms with Crippen molar-refractivity contribution in [3.8, 4) is 0 Å². The van der Waals surface area contributed by atoms with E-state index in [0.29, 0.717) is 17.3 Å². The van der Waals surface area contributed by atoms with Crippen molar-refractivity contribution in [1.82, 2.24) is 9.80 Å². The van der Waals surface area contributed by atoms with E-state index < -0.39 is 0 Å². The summed E-state index contributed by atoms with van der Waals surface area (Å²) >= 11 is 6.06. The van der Waals surface area contributed by atoms with Gasteiger partial charge in [0.25, 0.3) is 0 Å². The summed E-state index contributed by atoms with van der Waals surface area (Å²) in [6.07, 6.45) is 0. The Hall–Kier alpha value is -1.63. The van der Waals surface area contributed by atoms with E-state index >= 15 is 0 Å². The first-order valence-corrected chi connectivity index (χ1v) is 8.45. The van der Waals surface area contributed by atoms with Crippen LogP contribution in [0.3, 0.4) is 0 Å². The maximum absolute atomic E-state index is 12.2. The van der Waals surface area contributed by atoms with E-state index in [9.17, 15) is 9.59 Å². The molecule has 1 aromatic rings. The summed E-state index contributed by atoms with van der Waals surface area (Å²) < 4.78 is 5.31. The van der Waals surface area contributed by atoms with Crippen molar-refractivity contribution < 1.29 is 14.3 Å². The Labute approximate surface area is 147 Å². The Morgan fingerprint density at radius 1 is 1.33 bits per heavy atom. The van der Waals surface area contributed by atoms with Crippen molar-refractivity contribution in [1.29, 1.82) is 0 Å². The zero-order valence-corrected chi connectivity index (χ0v) is 14.9. The van der Waals surface area contributed by atoms with Crippen molar-refractivity contribution >= 4 is 29.1 Å². The maximum atomic E-state index is 12.2. The quantitative estimate of drug-likeness (QED) is 0.846. The molecule has 0 saturated carbocycles. The van der Waals surface area contributed by atoms with Crippen molar-refractivity contribution in [2.45, 2.75) is 13.8 Å². The molecule has 1 aromatic carbocycles. The number of hydrogen-bond acceptors (Lipinski definition) is 4. The number of carbonyl (C=O) groups excluding carboxylic acids is 2. The van der Waals surface area contributed by atoms with Crippen molar-refractivity contribution in [3.05, 3.63) is 28.8 Å². The van der Waals surface area contributed by atoms with Crippen LogP contribution in [0.15, 0.2) is 18.2 Å². The number of ether oxygens (including phenoxy) is 1. The predicted octanol–water partition coefficient (Wildman–Crippen LogP) is 1.77. The number of nitrogens with one attached hydrogen (secondary N) is 1. The molecule has 132 valence electrons. The molecule has 0 aromatic heterocycles. The fourth-order valence-corrected chi connectivity index (χ4v) is 2.66. The number of anilines is 1. The molecule has 2 amide bonds. The lowest BCUT2D eigenvalue weighted by atomic mass is 10.2. The van der Waals surface area contributed by atoms with Crippen LogP contribution in [-0.4, -0.2) is 67.6 Å². The average Bonchev–Trinajstić information content (AvgIpc) is 2.55. The highest BCUT2D eigenvalue weighted by atomic mass is 35.5. The first-order chi connectivity index (χ1) is 11.5. The van der Waals surface area contributed by atoms with Gasteiger partial charge in [-0.25, -0.2) is 0 Å². The SMILES string of the molecule is CC(=O)N(CCN1CCOCC1)CC(=O)Nc1ccc(C)c(Cl)c1. The molecule has 1 aliphatic heterocycles. The minimum atomic E-state index is -0.230. The van der Waals surface area contributed by atoms with Gasteiger partial charge in [-0.2, -0.15) is 0 Å². The van der Waals surface area contributed by atoms with Gasteiger partial charge in [0.15, 0.2) is 0 Å². The van der Waals surface area contributed by atoms with E-state index in [-0.39, 0.29) is 18.4 Å². The highest BCUT2D eigenvalue weighted by Crippen LogP contribution is 2.19. The van der Waals surface area contributed by atoms with Crippen LogP contribution in [0, 0.1) is 6.92 Å². The second-order valence-electron chi connectivity index (χ2n) is 5.91. The molecule has 1 N–H and O–H groups in total. The third kappa shape index (κ3) is 5.78. The number of rotatable bonds is 6. The highest BCUT2D eigenvalue weighted by molar-refractivity contribution is 6.31. The van der Waals surface area contributed by atoms with Crippen LogP contribution < -0.4 is 5.32 Å². The second kappa shape index (κ2) is 9.01. The van der Waals surface area contributed by atoms with Gasteiger partial charge in [0, 0.05) is 43.8 Å². The molecule has 1 aliphatic rings. The fourth-order valence-electron chi connectivity index (χ4n) is 2.48. The summed E-state index contributed by atoms with van der Waals surface area (Å²) in [5.41, 5.74) is 1.58. The molecule has 24 heavy (non-hydrogen) atoms. The van der Waals surface area contributed by atoms with E-state index in [1.54, 1.807) is 17.0 Å². The molecule has 0 bridgehead atoms. The molecule has 0 radical (unpaired) electrons. The summed E-state index contributed by atoms with van der Waals surface area (Å²) in [7, 11) is 0. The number of hydrogen-bond donors (Lipinski definition) is 1. The Morgan fingerprint density at radius 3 is 2.67 bits per heavy atom. The Morgan fingerprint density at radius 2 is 2.04 bits per heavy atom. The molecule has 0 atom stereocenters. The van der Waals surface area contributed by atoms with Crippen LogP contribution >= 0.6 is 11.6 Å². The van der Waals surface area contributed by atoms with Crippen LogP contribution in [0.5, 0.6) is 0 Å². The molecular weight excluding hydrogens is 330 g/mol. The fraction of sp³-hybridized carbons (Fsp3) is 0.529. The van der Waals surface area contributed by atoms with Gasteiger partial charge in [-0.05, 0) is 24.6 Å². The number of halogens is 1. The van der Waals surface area contributed by atoms with Gasteiger partial charge in [-0.3, -0.25) is 14.5 Å². The lowest BCUT2D eigenvalue weighted by Gasteiger charge is -2.29. The number of nitrogens with zero attached hydrogens (tertiary/aromatic N) is 2. The van der Waals surface area contributed by atoms with Gasteiger partial charge in [0.05, 0.1) is 19.8 Å². The number of benzene rings is 1. The van der Waals surface area contributed by atoms with Gasteiger partial charge in [-0.1, -0.05) is 17.7 Å². The van der Waals surface area contributed by atoms with Crippen LogP contribution in [-0.2, 0) is 14.3 Å².